The topological polar surface area (TPSA) is 54.5 Å². The second-order valence-corrected chi connectivity index (χ2v) is 4.80. The van der Waals surface area contributed by atoms with Crippen molar-refractivity contribution in [1.82, 2.24) is 20.2 Å². The third kappa shape index (κ3) is 2.07. The van der Waals surface area contributed by atoms with Gasteiger partial charge >= 0.3 is 0 Å². The Morgan fingerprint density at radius 2 is 1.62 bits per heavy atom. The second-order valence-electron chi connectivity index (χ2n) is 4.80. The minimum Gasteiger partial charge on any atom is -0.328 e. The summed E-state index contributed by atoms with van der Waals surface area (Å²) in [6, 6.07) is 18.7. The predicted octanol–water partition coefficient (Wildman–Crippen LogP) is 3.69. The lowest BCUT2D eigenvalue weighted by Crippen LogP contribution is -1.88. The minimum atomic E-state index is 0.706. The van der Waals surface area contributed by atoms with Gasteiger partial charge in [0.25, 0.3) is 0 Å². The molecule has 21 heavy (non-hydrogen) atoms. The van der Waals surface area contributed by atoms with Gasteiger partial charge in [-0.3, -0.25) is 0 Å². The first-order chi connectivity index (χ1) is 10.4. The lowest BCUT2D eigenvalue weighted by Gasteiger charge is -2.06. The van der Waals surface area contributed by atoms with Crippen molar-refractivity contribution in [3.05, 3.63) is 67.1 Å². The van der Waals surface area contributed by atoms with E-state index in [0.29, 0.717) is 5.65 Å². The van der Waals surface area contributed by atoms with Crippen molar-refractivity contribution in [3.8, 4) is 22.3 Å². The van der Waals surface area contributed by atoms with E-state index in [1.165, 1.54) is 11.1 Å². The van der Waals surface area contributed by atoms with Gasteiger partial charge in [-0.25, -0.2) is 4.98 Å². The average molecular weight is 272 g/mol. The SMILES string of the molecule is c1ccc(-c2cccc(-c3cnnc4[nH]cnc34)c2)cc1. The molecular weight excluding hydrogens is 260 g/mol. The summed E-state index contributed by atoms with van der Waals surface area (Å²) in [6.07, 6.45) is 3.40. The maximum absolute atomic E-state index is 4.34. The maximum atomic E-state index is 4.34. The first kappa shape index (κ1) is 11.8. The van der Waals surface area contributed by atoms with Crippen molar-refractivity contribution < 1.29 is 0 Å². The highest BCUT2D eigenvalue weighted by Crippen LogP contribution is 2.28. The van der Waals surface area contributed by atoms with E-state index in [4.69, 9.17) is 0 Å². The van der Waals surface area contributed by atoms with Crippen LogP contribution in [0.4, 0.5) is 0 Å². The zero-order valence-electron chi connectivity index (χ0n) is 11.2. The molecule has 100 valence electrons. The molecule has 2 aromatic heterocycles. The normalized spacial score (nSPS) is 10.9. The van der Waals surface area contributed by atoms with Crippen molar-refractivity contribution in [1.29, 1.82) is 0 Å². The molecule has 1 N–H and O–H groups in total. The van der Waals surface area contributed by atoms with Gasteiger partial charge in [-0.2, -0.15) is 5.10 Å². The van der Waals surface area contributed by atoms with Gasteiger partial charge in [0.05, 0.1) is 12.5 Å². The molecular formula is C17H12N4. The van der Waals surface area contributed by atoms with E-state index in [1.54, 1.807) is 12.5 Å². The molecule has 4 aromatic rings. The lowest BCUT2D eigenvalue weighted by atomic mass is 10.00. The molecule has 0 aliphatic rings. The summed E-state index contributed by atoms with van der Waals surface area (Å²) in [5.41, 5.74) is 5.99. The number of H-pyrrole nitrogens is 1. The van der Waals surface area contributed by atoms with Gasteiger partial charge in [-0.05, 0) is 22.8 Å². The fourth-order valence-electron chi connectivity index (χ4n) is 2.47. The van der Waals surface area contributed by atoms with Gasteiger partial charge in [0.2, 0.25) is 0 Å². The lowest BCUT2D eigenvalue weighted by molar-refractivity contribution is 1.06. The van der Waals surface area contributed by atoms with Gasteiger partial charge < -0.3 is 4.98 Å². The first-order valence-electron chi connectivity index (χ1n) is 6.72. The average Bonchev–Trinajstić information content (AvgIpc) is 3.04. The molecule has 4 rings (SSSR count). The Bertz CT molecular complexity index is 897. The number of hydrogen-bond acceptors (Lipinski definition) is 3. The highest BCUT2D eigenvalue weighted by atomic mass is 15.1. The van der Waals surface area contributed by atoms with Crippen LogP contribution in [0.5, 0.6) is 0 Å². The zero-order valence-corrected chi connectivity index (χ0v) is 11.2. The zero-order chi connectivity index (χ0) is 14.1. The Kier molecular flexibility index (Phi) is 2.71. The number of nitrogens with one attached hydrogen (secondary N) is 1. The number of aromatic amines is 1. The van der Waals surface area contributed by atoms with Crippen LogP contribution in [0.25, 0.3) is 33.4 Å². The number of aromatic nitrogens is 4. The highest BCUT2D eigenvalue weighted by Gasteiger charge is 2.08. The summed E-state index contributed by atoms with van der Waals surface area (Å²) in [6.45, 7) is 0. The number of fused-ring (bicyclic) bond motifs is 1. The summed E-state index contributed by atoms with van der Waals surface area (Å²) in [7, 11) is 0. The molecule has 0 amide bonds. The molecule has 2 heterocycles. The first-order valence-corrected chi connectivity index (χ1v) is 6.72. The second kappa shape index (κ2) is 4.83. The molecule has 4 heteroatoms. The van der Waals surface area contributed by atoms with Crippen molar-refractivity contribution in [2.75, 3.05) is 0 Å². The van der Waals surface area contributed by atoms with E-state index < -0.39 is 0 Å². The molecule has 0 aliphatic heterocycles. The number of nitrogens with zero attached hydrogens (tertiary/aromatic N) is 3. The fourth-order valence-corrected chi connectivity index (χ4v) is 2.47. The highest BCUT2D eigenvalue weighted by molar-refractivity contribution is 5.89. The van der Waals surface area contributed by atoms with Crippen LogP contribution in [0.1, 0.15) is 0 Å². The van der Waals surface area contributed by atoms with Crippen LogP contribution in [0.3, 0.4) is 0 Å². The molecule has 0 bridgehead atoms. The van der Waals surface area contributed by atoms with Gasteiger partial charge in [-0.15, -0.1) is 5.10 Å². The number of hydrogen-bond donors (Lipinski definition) is 1. The molecule has 0 radical (unpaired) electrons. The van der Waals surface area contributed by atoms with E-state index in [9.17, 15) is 0 Å². The van der Waals surface area contributed by atoms with Crippen LogP contribution in [0, 0.1) is 0 Å². The van der Waals surface area contributed by atoms with Crippen LogP contribution in [0.15, 0.2) is 67.1 Å². The molecule has 0 saturated carbocycles. The van der Waals surface area contributed by atoms with Gasteiger partial charge in [-0.1, -0.05) is 48.5 Å². The third-order valence-electron chi connectivity index (χ3n) is 3.50. The molecule has 0 unspecified atom stereocenters. The molecule has 2 aromatic carbocycles. The number of benzene rings is 2. The monoisotopic (exact) mass is 272 g/mol. The van der Waals surface area contributed by atoms with E-state index >= 15 is 0 Å². The van der Waals surface area contributed by atoms with E-state index in [0.717, 1.165) is 16.6 Å². The summed E-state index contributed by atoms with van der Waals surface area (Å²) in [5.74, 6) is 0. The summed E-state index contributed by atoms with van der Waals surface area (Å²) < 4.78 is 0. The van der Waals surface area contributed by atoms with Crippen LogP contribution in [0.2, 0.25) is 0 Å². The van der Waals surface area contributed by atoms with Crippen LogP contribution < -0.4 is 0 Å². The number of imidazole rings is 1. The van der Waals surface area contributed by atoms with Crippen LogP contribution >= 0.6 is 0 Å². The van der Waals surface area contributed by atoms with E-state index in [2.05, 4.69) is 56.6 Å². The Morgan fingerprint density at radius 1 is 0.810 bits per heavy atom. The molecule has 0 atom stereocenters. The van der Waals surface area contributed by atoms with Gasteiger partial charge in [0.1, 0.15) is 5.52 Å². The predicted molar refractivity (Wildman–Crippen MR) is 82.6 cm³/mol. The fraction of sp³-hybridized carbons (Fsp3) is 0. The quantitative estimate of drug-likeness (QED) is 0.605. The smallest absolute Gasteiger partial charge is 0.180 e. The van der Waals surface area contributed by atoms with Crippen LogP contribution in [-0.4, -0.2) is 20.2 Å². The van der Waals surface area contributed by atoms with E-state index in [1.807, 2.05) is 18.2 Å². The van der Waals surface area contributed by atoms with Gasteiger partial charge in [0.15, 0.2) is 5.65 Å². The largest absolute Gasteiger partial charge is 0.328 e. The van der Waals surface area contributed by atoms with Crippen molar-refractivity contribution in [2.45, 2.75) is 0 Å². The number of rotatable bonds is 2. The van der Waals surface area contributed by atoms with Gasteiger partial charge in [0, 0.05) is 5.56 Å². The molecule has 0 aliphatic carbocycles. The summed E-state index contributed by atoms with van der Waals surface area (Å²) in [5, 5.41) is 8.08. The Labute approximate surface area is 121 Å². The van der Waals surface area contributed by atoms with Crippen LogP contribution in [-0.2, 0) is 0 Å². The van der Waals surface area contributed by atoms with Crippen molar-refractivity contribution in [3.63, 3.8) is 0 Å². The minimum absolute atomic E-state index is 0.706. The van der Waals surface area contributed by atoms with E-state index in [-0.39, 0.29) is 0 Å². The summed E-state index contributed by atoms with van der Waals surface area (Å²) >= 11 is 0. The standard InChI is InChI=1S/C17H12N4/c1-2-5-12(6-3-1)13-7-4-8-14(9-13)15-10-20-21-17-16(15)18-11-19-17/h1-11H,(H,18,19,21). The summed E-state index contributed by atoms with van der Waals surface area (Å²) in [4.78, 5) is 7.33. The molecule has 4 nitrogen and oxygen atoms in total. The molecule has 0 spiro atoms. The Morgan fingerprint density at radius 3 is 2.52 bits per heavy atom. The Hall–Kier alpha value is -3.01. The Balaban J connectivity index is 1.88. The maximum Gasteiger partial charge on any atom is 0.180 e. The van der Waals surface area contributed by atoms with Crippen molar-refractivity contribution in [2.24, 2.45) is 0 Å². The third-order valence-corrected chi connectivity index (χ3v) is 3.50. The molecule has 0 fully saturated rings. The van der Waals surface area contributed by atoms with Crippen molar-refractivity contribution >= 4 is 11.2 Å². The molecule has 0 saturated heterocycles.